The van der Waals surface area contributed by atoms with Crippen molar-refractivity contribution >= 4 is 8.03 Å². The maximum absolute atomic E-state index is 10.7. The number of hydrogen-bond acceptors (Lipinski definition) is 1. The Balaban J connectivity index is 2.73. The summed E-state index contributed by atoms with van der Waals surface area (Å²) in [6.45, 7) is 2.04. The molecule has 0 saturated heterocycles. The summed E-state index contributed by atoms with van der Waals surface area (Å²) in [5.74, 6) is 0.217. The molecule has 0 aliphatic heterocycles. The van der Waals surface area contributed by atoms with Crippen LogP contribution in [-0.4, -0.2) is 11.1 Å². The molecule has 0 aliphatic carbocycles. The summed E-state index contributed by atoms with van der Waals surface area (Å²) in [5.41, 5.74) is 1.16. The van der Waals surface area contributed by atoms with Gasteiger partial charge in [-0.1, -0.05) is 37.3 Å². The molecule has 0 aliphatic rings. The average molecular weight is 197 g/mol. The minimum atomic E-state index is -2.02. The lowest BCUT2D eigenvalue weighted by Gasteiger charge is -2.07. The van der Waals surface area contributed by atoms with Crippen LogP contribution in [0.4, 0.5) is 0 Å². The maximum Gasteiger partial charge on any atom is 0.506 e. The molecule has 0 radical (unpaired) electrons. The fourth-order valence-corrected chi connectivity index (χ4v) is 2.23. The fraction of sp³-hybridized carbons (Fsp3) is 0.400. The van der Waals surface area contributed by atoms with Gasteiger partial charge in [-0.25, -0.2) is 0 Å². The van der Waals surface area contributed by atoms with Gasteiger partial charge in [0.25, 0.3) is 0 Å². The van der Waals surface area contributed by atoms with Gasteiger partial charge in [0.15, 0.2) is 6.16 Å². The largest absolute Gasteiger partial charge is 0.506 e. The molecule has 2 atom stereocenters. The van der Waals surface area contributed by atoms with E-state index < -0.39 is 8.03 Å². The van der Waals surface area contributed by atoms with Crippen molar-refractivity contribution in [2.45, 2.75) is 19.3 Å². The molecule has 1 aromatic rings. The Labute approximate surface area is 79.5 Å². The van der Waals surface area contributed by atoms with Gasteiger partial charge in [0.1, 0.15) is 0 Å². The highest BCUT2D eigenvalue weighted by atomic mass is 31.1. The molecule has 1 rings (SSSR count). The second-order valence-corrected chi connectivity index (χ2v) is 4.12. The zero-order chi connectivity index (χ0) is 9.68. The zero-order valence-electron chi connectivity index (χ0n) is 7.68. The molecule has 2 nitrogen and oxygen atoms in total. The molecule has 2 unspecified atom stereocenters. The first-order valence-electron chi connectivity index (χ1n) is 4.42. The van der Waals surface area contributed by atoms with Crippen LogP contribution in [0.3, 0.4) is 0 Å². The van der Waals surface area contributed by atoms with Gasteiger partial charge >= 0.3 is 8.03 Å². The van der Waals surface area contributed by atoms with E-state index in [2.05, 4.69) is 0 Å². The van der Waals surface area contributed by atoms with Crippen LogP contribution in [-0.2, 0) is 4.57 Å². The molecule has 0 spiro atoms. The lowest BCUT2D eigenvalue weighted by Crippen LogP contribution is -1.99. The molecule has 0 fully saturated rings. The highest BCUT2D eigenvalue weighted by molar-refractivity contribution is 7.38. The number of hydrogen-bond donors (Lipinski definition) is 1. The normalized spacial score (nSPS) is 13.8. The molecule has 0 bridgehead atoms. The topological polar surface area (TPSA) is 37.3 Å². The molecule has 70 valence electrons. The van der Waals surface area contributed by atoms with Crippen LogP contribution in [0, 0.1) is 0 Å². The van der Waals surface area contributed by atoms with Gasteiger partial charge in [0, 0.05) is 5.92 Å². The SMILES string of the molecule is CCC(C[P+](=O)O)c1ccccc1. The van der Waals surface area contributed by atoms with Crippen molar-refractivity contribution in [2.24, 2.45) is 0 Å². The maximum atomic E-state index is 10.7. The van der Waals surface area contributed by atoms with E-state index in [1.807, 2.05) is 37.3 Å². The minimum Gasteiger partial charge on any atom is -0.161 e. The third-order valence-electron chi connectivity index (χ3n) is 2.14. The van der Waals surface area contributed by atoms with Gasteiger partial charge in [-0.05, 0) is 16.5 Å². The Bertz CT molecular complexity index is 272. The summed E-state index contributed by atoms with van der Waals surface area (Å²) in [5, 5.41) is 0. The fourth-order valence-electron chi connectivity index (χ4n) is 1.38. The number of rotatable bonds is 4. The van der Waals surface area contributed by atoms with Crippen LogP contribution >= 0.6 is 8.03 Å². The van der Waals surface area contributed by atoms with E-state index in [1.54, 1.807) is 0 Å². The highest BCUT2D eigenvalue weighted by Gasteiger charge is 2.20. The van der Waals surface area contributed by atoms with Crippen LogP contribution in [0.5, 0.6) is 0 Å². The molecule has 0 aromatic heterocycles. The predicted molar refractivity (Wildman–Crippen MR) is 54.2 cm³/mol. The van der Waals surface area contributed by atoms with Crippen molar-refractivity contribution in [1.82, 2.24) is 0 Å². The van der Waals surface area contributed by atoms with Gasteiger partial charge in [-0.2, -0.15) is 4.89 Å². The Kier molecular flexibility index (Phi) is 4.07. The predicted octanol–water partition coefficient (Wildman–Crippen LogP) is 2.91. The number of benzene rings is 1. The quantitative estimate of drug-likeness (QED) is 0.753. The van der Waals surface area contributed by atoms with Crippen LogP contribution in [0.1, 0.15) is 24.8 Å². The Hall–Kier alpha value is -0.720. The van der Waals surface area contributed by atoms with E-state index in [1.165, 1.54) is 0 Å². The molecule has 1 aromatic carbocycles. The van der Waals surface area contributed by atoms with Crippen LogP contribution in [0.15, 0.2) is 30.3 Å². The lowest BCUT2D eigenvalue weighted by atomic mass is 9.99. The van der Waals surface area contributed by atoms with E-state index in [0.29, 0.717) is 6.16 Å². The smallest absolute Gasteiger partial charge is 0.161 e. The monoisotopic (exact) mass is 197 g/mol. The van der Waals surface area contributed by atoms with Gasteiger partial charge in [-0.15, -0.1) is 0 Å². The molecule has 1 N–H and O–H groups in total. The van der Waals surface area contributed by atoms with Gasteiger partial charge in [0.05, 0.1) is 0 Å². The second kappa shape index (κ2) is 5.11. The van der Waals surface area contributed by atoms with Crippen molar-refractivity contribution in [3.63, 3.8) is 0 Å². The summed E-state index contributed by atoms with van der Waals surface area (Å²) >= 11 is 0. The van der Waals surface area contributed by atoms with Crippen molar-refractivity contribution in [1.29, 1.82) is 0 Å². The summed E-state index contributed by atoms with van der Waals surface area (Å²) in [7, 11) is -2.02. The first-order valence-corrected chi connectivity index (χ1v) is 5.82. The van der Waals surface area contributed by atoms with Crippen LogP contribution in [0.2, 0.25) is 0 Å². The third kappa shape index (κ3) is 3.25. The molecule has 13 heavy (non-hydrogen) atoms. The molecule has 0 heterocycles. The van der Waals surface area contributed by atoms with E-state index >= 15 is 0 Å². The van der Waals surface area contributed by atoms with Crippen LogP contribution in [0.25, 0.3) is 0 Å². The van der Waals surface area contributed by atoms with E-state index in [-0.39, 0.29) is 5.92 Å². The van der Waals surface area contributed by atoms with Gasteiger partial charge < -0.3 is 0 Å². The molecule has 0 saturated carbocycles. The Morgan fingerprint density at radius 2 is 2.00 bits per heavy atom. The summed E-state index contributed by atoms with van der Waals surface area (Å²) < 4.78 is 10.7. The van der Waals surface area contributed by atoms with Crippen molar-refractivity contribution in [3.05, 3.63) is 35.9 Å². The molecular formula is C10H14O2P+. The molecule has 3 heteroatoms. The van der Waals surface area contributed by atoms with E-state index in [4.69, 9.17) is 4.89 Å². The zero-order valence-corrected chi connectivity index (χ0v) is 8.58. The highest BCUT2D eigenvalue weighted by Crippen LogP contribution is 2.28. The van der Waals surface area contributed by atoms with E-state index in [9.17, 15) is 4.57 Å². The first-order chi connectivity index (χ1) is 6.24. The summed E-state index contributed by atoms with van der Waals surface area (Å²) in [6, 6.07) is 9.89. The lowest BCUT2D eigenvalue weighted by molar-refractivity contribution is 0.496. The van der Waals surface area contributed by atoms with E-state index in [0.717, 1.165) is 12.0 Å². The summed E-state index contributed by atoms with van der Waals surface area (Å²) in [4.78, 5) is 8.82. The van der Waals surface area contributed by atoms with Crippen molar-refractivity contribution < 1.29 is 9.46 Å². The summed E-state index contributed by atoms with van der Waals surface area (Å²) in [6.07, 6.45) is 1.28. The van der Waals surface area contributed by atoms with Gasteiger partial charge in [-0.3, -0.25) is 0 Å². The molecule has 0 amide bonds. The van der Waals surface area contributed by atoms with Crippen LogP contribution < -0.4 is 0 Å². The third-order valence-corrected chi connectivity index (χ3v) is 2.89. The molecular weight excluding hydrogens is 183 g/mol. The Morgan fingerprint density at radius 1 is 1.38 bits per heavy atom. The Morgan fingerprint density at radius 3 is 2.46 bits per heavy atom. The average Bonchev–Trinajstić information content (AvgIpc) is 2.15. The standard InChI is InChI=1S/C10H13O2P/c1-2-9(8-13(11)12)10-6-4-3-5-7-10/h3-7,9H,2,8H2,1H3/p+1. The first kappa shape index (κ1) is 10.4. The van der Waals surface area contributed by atoms with Gasteiger partial charge in [0.2, 0.25) is 0 Å². The minimum absolute atomic E-state index is 0.217. The van der Waals surface area contributed by atoms with Crippen molar-refractivity contribution in [2.75, 3.05) is 6.16 Å². The second-order valence-electron chi connectivity index (χ2n) is 3.05. The van der Waals surface area contributed by atoms with Crippen molar-refractivity contribution in [3.8, 4) is 0 Å².